The third kappa shape index (κ3) is 2.61. The molecule has 2 aromatic heterocycles. The van der Waals surface area contributed by atoms with Crippen molar-refractivity contribution in [3.63, 3.8) is 0 Å². The summed E-state index contributed by atoms with van der Waals surface area (Å²) in [7, 11) is -2.22. The highest BCUT2D eigenvalue weighted by atomic mass is 32.2. The van der Waals surface area contributed by atoms with Gasteiger partial charge >= 0.3 is 0 Å². The molecule has 1 aliphatic heterocycles. The molecule has 4 rings (SSSR count). The maximum Gasteiger partial charge on any atom is 0.250 e. The molecule has 1 unspecified atom stereocenters. The van der Waals surface area contributed by atoms with Gasteiger partial charge in [-0.2, -0.15) is 9.40 Å². The molecule has 0 aliphatic carbocycles. The van der Waals surface area contributed by atoms with Gasteiger partial charge in [0.1, 0.15) is 11.3 Å². The Morgan fingerprint density at radius 1 is 1.32 bits per heavy atom. The summed E-state index contributed by atoms with van der Waals surface area (Å²) >= 11 is 0. The first-order valence-corrected chi connectivity index (χ1v) is 9.57. The summed E-state index contributed by atoms with van der Waals surface area (Å²) in [5.74, 6) is 0.907. The van der Waals surface area contributed by atoms with Gasteiger partial charge in [0, 0.05) is 25.4 Å². The number of furan rings is 1. The van der Waals surface area contributed by atoms with Crippen molar-refractivity contribution >= 4 is 21.0 Å². The highest BCUT2D eigenvalue weighted by molar-refractivity contribution is 7.89. The molecule has 0 N–H and O–H groups in total. The van der Waals surface area contributed by atoms with Crippen molar-refractivity contribution in [1.29, 1.82) is 0 Å². The second-order valence-electron chi connectivity index (χ2n) is 6.12. The second kappa shape index (κ2) is 5.89. The Morgan fingerprint density at radius 3 is 2.92 bits per heavy atom. The van der Waals surface area contributed by atoms with Crippen LogP contribution in [0.3, 0.4) is 0 Å². The zero-order valence-electron chi connectivity index (χ0n) is 14.0. The first kappa shape index (κ1) is 16.2. The summed E-state index contributed by atoms with van der Waals surface area (Å²) in [6.07, 6.45) is 2.18. The SMILES string of the molecule is CC(c1cc2ccccc2o1)N(C)S(=O)(=O)c1cnn2c1OCCC2. The van der Waals surface area contributed by atoms with Gasteiger partial charge in [-0.3, -0.25) is 0 Å². The smallest absolute Gasteiger partial charge is 0.250 e. The van der Waals surface area contributed by atoms with Crippen molar-refractivity contribution in [1.82, 2.24) is 14.1 Å². The molecule has 0 bridgehead atoms. The summed E-state index contributed by atoms with van der Waals surface area (Å²) < 4.78 is 40.3. The van der Waals surface area contributed by atoms with Gasteiger partial charge in [0.05, 0.1) is 18.8 Å². The van der Waals surface area contributed by atoms with Gasteiger partial charge in [-0.25, -0.2) is 13.1 Å². The van der Waals surface area contributed by atoms with Gasteiger partial charge in [-0.05, 0) is 19.1 Å². The lowest BCUT2D eigenvalue weighted by Crippen LogP contribution is -2.30. The number of rotatable bonds is 4. The van der Waals surface area contributed by atoms with Gasteiger partial charge in [0.2, 0.25) is 15.9 Å². The van der Waals surface area contributed by atoms with Gasteiger partial charge in [0.25, 0.3) is 0 Å². The van der Waals surface area contributed by atoms with E-state index in [-0.39, 0.29) is 4.90 Å². The Labute approximate surface area is 145 Å². The predicted molar refractivity (Wildman–Crippen MR) is 91.9 cm³/mol. The van der Waals surface area contributed by atoms with E-state index in [9.17, 15) is 8.42 Å². The van der Waals surface area contributed by atoms with E-state index in [1.54, 1.807) is 18.7 Å². The highest BCUT2D eigenvalue weighted by Crippen LogP contribution is 2.34. The molecule has 0 radical (unpaired) electrons. The van der Waals surface area contributed by atoms with Crippen LogP contribution in [0.2, 0.25) is 0 Å². The van der Waals surface area contributed by atoms with E-state index in [4.69, 9.17) is 9.15 Å². The molecular weight excluding hydrogens is 342 g/mol. The van der Waals surface area contributed by atoms with Crippen molar-refractivity contribution in [3.8, 4) is 5.88 Å². The molecular formula is C17H19N3O4S. The van der Waals surface area contributed by atoms with Crippen LogP contribution in [-0.2, 0) is 16.6 Å². The molecule has 1 aromatic carbocycles. The van der Waals surface area contributed by atoms with Crippen LogP contribution in [0.15, 0.2) is 45.8 Å². The topological polar surface area (TPSA) is 77.6 Å². The molecule has 7 nitrogen and oxygen atoms in total. The van der Waals surface area contributed by atoms with E-state index in [0.29, 0.717) is 24.8 Å². The Morgan fingerprint density at radius 2 is 2.12 bits per heavy atom. The molecule has 8 heteroatoms. The number of nitrogens with zero attached hydrogens (tertiary/aromatic N) is 3. The number of benzene rings is 1. The third-order valence-electron chi connectivity index (χ3n) is 4.57. The van der Waals surface area contributed by atoms with Crippen molar-refractivity contribution in [2.45, 2.75) is 30.8 Å². The van der Waals surface area contributed by atoms with E-state index < -0.39 is 16.1 Å². The van der Waals surface area contributed by atoms with E-state index in [2.05, 4.69) is 5.10 Å². The number of ether oxygens (including phenoxy) is 1. The Balaban J connectivity index is 1.69. The fourth-order valence-electron chi connectivity index (χ4n) is 2.97. The van der Waals surface area contributed by atoms with Crippen LogP contribution in [0.25, 0.3) is 11.0 Å². The molecule has 25 heavy (non-hydrogen) atoms. The lowest BCUT2D eigenvalue weighted by Gasteiger charge is -2.23. The number of para-hydroxylation sites is 1. The number of aryl methyl sites for hydroxylation is 1. The number of hydrogen-bond acceptors (Lipinski definition) is 5. The van der Waals surface area contributed by atoms with Crippen LogP contribution in [0.4, 0.5) is 0 Å². The molecule has 3 heterocycles. The molecule has 1 atom stereocenters. The monoisotopic (exact) mass is 361 g/mol. The summed E-state index contributed by atoms with van der Waals surface area (Å²) in [5, 5.41) is 5.08. The number of sulfonamides is 1. The molecule has 0 saturated carbocycles. The number of aromatic nitrogens is 2. The maximum absolute atomic E-state index is 13.0. The van der Waals surface area contributed by atoms with Crippen LogP contribution < -0.4 is 4.74 Å². The van der Waals surface area contributed by atoms with E-state index in [1.807, 2.05) is 30.3 Å². The molecule has 132 valence electrons. The maximum atomic E-state index is 13.0. The minimum atomic E-state index is -3.76. The average Bonchev–Trinajstić information content (AvgIpc) is 3.24. The summed E-state index contributed by atoms with van der Waals surface area (Å²) in [5.41, 5.74) is 0.737. The third-order valence-corrected chi connectivity index (χ3v) is 6.48. The number of hydrogen-bond donors (Lipinski definition) is 0. The minimum Gasteiger partial charge on any atom is -0.477 e. The van der Waals surface area contributed by atoms with E-state index in [1.165, 1.54) is 10.5 Å². The summed E-state index contributed by atoms with van der Waals surface area (Å²) in [4.78, 5) is 0.0951. The van der Waals surface area contributed by atoms with Crippen LogP contribution in [-0.4, -0.2) is 36.2 Å². The van der Waals surface area contributed by atoms with E-state index in [0.717, 1.165) is 17.4 Å². The fraction of sp³-hybridized carbons (Fsp3) is 0.353. The average molecular weight is 361 g/mol. The van der Waals surface area contributed by atoms with Crippen LogP contribution in [0.1, 0.15) is 25.1 Å². The highest BCUT2D eigenvalue weighted by Gasteiger charge is 2.34. The molecule has 0 spiro atoms. The van der Waals surface area contributed by atoms with E-state index >= 15 is 0 Å². The Hall–Kier alpha value is -2.32. The molecule has 3 aromatic rings. The van der Waals surface area contributed by atoms with Crippen LogP contribution in [0.5, 0.6) is 5.88 Å². The largest absolute Gasteiger partial charge is 0.477 e. The zero-order chi connectivity index (χ0) is 17.6. The quantitative estimate of drug-likeness (QED) is 0.714. The lowest BCUT2D eigenvalue weighted by atomic mass is 10.2. The normalized spacial score (nSPS) is 16.0. The van der Waals surface area contributed by atoms with Crippen LogP contribution in [0, 0.1) is 0 Å². The minimum absolute atomic E-state index is 0.0951. The Kier molecular flexibility index (Phi) is 3.81. The van der Waals surface area contributed by atoms with Gasteiger partial charge < -0.3 is 9.15 Å². The van der Waals surface area contributed by atoms with Crippen molar-refractivity contribution in [2.24, 2.45) is 0 Å². The first-order chi connectivity index (χ1) is 12.0. The second-order valence-corrected chi connectivity index (χ2v) is 8.09. The van der Waals surface area contributed by atoms with Crippen molar-refractivity contribution < 1.29 is 17.6 Å². The standard InChI is InChI=1S/C17H19N3O4S/c1-12(15-10-13-6-3-4-7-14(13)24-15)19(2)25(21,22)16-11-18-20-8-5-9-23-17(16)20/h3-4,6-7,10-12H,5,8-9H2,1-2H3. The first-order valence-electron chi connectivity index (χ1n) is 8.13. The van der Waals surface area contributed by atoms with Gasteiger partial charge in [-0.15, -0.1) is 0 Å². The molecule has 1 aliphatic rings. The fourth-order valence-corrected chi connectivity index (χ4v) is 4.37. The van der Waals surface area contributed by atoms with Gasteiger partial charge in [-0.1, -0.05) is 18.2 Å². The molecule has 0 amide bonds. The zero-order valence-corrected chi connectivity index (χ0v) is 14.9. The van der Waals surface area contributed by atoms with Gasteiger partial charge in [0.15, 0.2) is 4.90 Å². The predicted octanol–water partition coefficient (Wildman–Crippen LogP) is 2.79. The number of fused-ring (bicyclic) bond motifs is 2. The van der Waals surface area contributed by atoms with Crippen molar-refractivity contribution in [2.75, 3.05) is 13.7 Å². The molecule has 0 fully saturated rings. The molecule has 0 saturated heterocycles. The van der Waals surface area contributed by atoms with Crippen molar-refractivity contribution in [3.05, 3.63) is 42.3 Å². The Bertz CT molecular complexity index is 989. The van der Waals surface area contributed by atoms with Crippen LogP contribution >= 0.6 is 0 Å². The lowest BCUT2D eigenvalue weighted by molar-refractivity contribution is 0.223. The summed E-state index contributed by atoms with van der Waals surface area (Å²) in [6.45, 7) is 2.96. The summed E-state index contributed by atoms with van der Waals surface area (Å²) in [6, 6.07) is 9.01.